The maximum absolute atomic E-state index is 12.4. The van der Waals surface area contributed by atoms with E-state index in [-0.39, 0.29) is 5.78 Å². The first-order valence-electron chi connectivity index (χ1n) is 5.92. The van der Waals surface area contributed by atoms with E-state index in [1.165, 1.54) is 0 Å². The Labute approximate surface area is 110 Å². The summed E-state index contributed by atoms with van der Waals surface area (Å²) in [7, 11) is 0. The smallest absolute Gasteiger partial charge is 0.215 e. The predicted molar refractivity (Wildman–Crippen MR) is 71.7 cm³/mol. The molecule has 0 aliphatic carbocycles. The van der Waals surface area contributed by atoms with Gasteiger partial charge in [-0.05, 0) is 0 Å². The zero-order chi connectivity index (χ0) is 13.1. The molecule has 0 fully saturated rings. The first kappa shape index (κ1) is 11.3. The van der Waals surface area contributed by atoms with Crippen LogP contribution in [0.25, 0.3) is 11.3 Å². The highest BCUT2D eigenvalue weighted by atomic mass is 16.1. The molecule has 3 rings (SSSR count). The standard InChI is InChI=1S/C15H11N3O/c19-15(12-9-5-2-6-10-12)14-13(16-18-17-14)11-7-3-1-4-8-11/h1-10H,(H,16,17,18). The second-order valence-electron chi connectivity index (χ2n) is 4.08. The molecule has 2 aromatic carbocycles. The number of hydrogen-bond acceptors (Lipinski definition) is 3. The van der Waals surface area contributed by atoms with Gasteiger partial charge in [-0.25, -0.2) is 0 Å². The minimum Gasteiger partial charge on any atom is -0.287 e. The molecule has 1 aromatic heterocycles. The second kappa shape index (κ2) is 4.86. The van der Waals surface area contributed by atoms with Gasteiger partial charge in [-0.1, -0.05) is 60.7 Å². The van der Waals surface area contributed by atoms with Crippen LogP contribution in [0.4, 0.5) is 0 Å². The normalized spacial score (nSPS) is 10.3. The maximum atomic E-state index is 12.4. The van der Waals surface area contributed by atoms with Gasteiger partial charge >= 0.3 is 0 Å². The molecule has 4 heteroatoms. The topological polar surface area (TPSA) is 58.6 Å². The first-order valence-corrected chi connectivity index (χ1v) is 5.92. The van der Waals surface area contributed by atoms with E-state index in [1.54, 1.807) is 12.1 Å². The molecule has 0 amide bonds. The Morgan fingerprint density at radius 2 is 1.47 bits per heavy atom. The zero-order valence-electron chi connectivity index (χ0n) is 10.1. The van der Waals surface area contributed by atoms with Gasteiger partial charge in [-0.15, -0.1) is 0 Å². The van der Waals surface area contributed by atoms with Crippen LogP contribution in [-0.2, 0) is 0 Å². The van der Waals surface area contributed by atoms with Crippen molar-refractivity contribution in [2.24, 2.45) is 0 Å². The van der Waals surface area contributed by atoms with Gasteiger partial charge in [-0.2, -0.15) is 15.4 Å². The summed E-state index contributed by atoms with van der Waals surface area (Å²) < 4.78 is 0. The van der Waals surface area contributed by atoms with Crippen molar-refractivity contribution >= 4 is 5.78 Å². The summed E-state index contributed by atoms with van der Waals surface area (Å²) in [5.41, 5.74) is 2.40. The number of nitrogens with zero attached hydrogens (tertiary/aromatic N) is 2. The molecule has 0 spiro atoms. The van der Waals surface area contributed by atoms with Crippen LogP contribution in [0.2, 0.25) is 0 Å². The first-order chi connectivity index (χ1) is 9.36. The third-order valence-electron chi connectivity index (χ3n) is 2.85. The molecule has 3 aromatic rings. The van der Waals surface area contributed by atoms with Crippen LogP contribution >= 0.6 is 0 Å². The summed E-state index contributed by atoms with van der Waals surface area (Å²) >= 11 is 0. The molecule has 0 radical (unpaired) electrons. The van der Waals surface area contributed by atoms with Crippen molar-refractivity contribution < 1.29 is 4.79 Å². The molecule has 92 valence electrons. The third-order valence-corrected chi connectivity index (χ3v) is 2.85. The quantitative estimate of drug-likeness (QED) is 0.726. The molecule has 0 aliphatic rings. The van der Waals surface area contributed by atoms with Gasteiger partial charge in [0.2, 0.25) is 5.78 Å². The Bertz CT molecular complexity index is 690. The van der Waals surface area contributed by atoms with Crippen molar-refractivity contribution in [2.75, 3.05) is 0 Å². The van der Waals surface area contributed by atoms with E-state index < -0.39 is 0 Å². The molecule has 1 N–H and O–H groups in total. The highest BCUT2D eigenvalue weighted by molar-refractivity contribution is 6.10. The predicted octanol–water partition coefficient (Wildman–Crippen LogP) is 2.70. The molecule has 4 nitrogen and oxygen atoms in total. The van der Waals surface area contributed by atoms with E-state index >= 15 is 0 Å². The molecular weight excluding hydrogens is 238 g/mol. The molecule has 0 saturated carbocycles. The molecule has 0 saturated heterocycles. The Kier molecular flexibility index (Phi) is 2.90. The van der Waals surface area contributed by atoms with E-state index in [1.807, 2.05) is 48.5 Å². The molecular formula is C15H11N3O. The molecule has 0 aliphatic heterocycles. The fourth-order valence-electron chi connectivity index (χ4n) is 1.91. The Morgan fingerprint density at radius 1 is 0.842 bits per heavy atom. The van der Waals surface area contributed by atoms with E-state index in [4.69, 9.17) is 0 Å². The van der Waals surface area contributed by atoms with Gasteiger partial charge in [0.25, 0.3) is 0 Å². The lowest BCUT2D eigenvalue weighted by Crippen LogP contribution is -2.03. The van der Waals surface area contributed by atoms with Gasteiger partial charge in [0.1, 0.15) is 5.69 Å². The summed E-state index contributed by atoms with van der Waals surface area (Å²) in [5.74, 6) is -0.131. The van der Waals surface area contributed by atoms with E-state index in [0.29, 0.717) is 17.0 Å². The molecule has 1 heterocycles. The van der Waals surface area contributed by atoms with Crippen molar-refractivity contribution in [1.29, 1.82) is 0 Å². The van der Waals surface area contributed by atoms with Crippen LogP contribution in [0.3, 0.4) is 0 Å². The summed E-state index contributed by atoms with van der Waals surface area (Å²) in [6.07, 6.45) is 0. The van der Waals surface area contributed by atoms with E-state index in [9.17, 15) is 4.79 Å². The fraction of sp³-hybridized carbons (Fsp3) is 0. The highest BCUT2D eigenvalue weighted by Crippen LogP contribution is 2.21. The SMILES string of the molecule is O=C(c1ccccc1)c1n[nH]nc1-c1ccccc1. The van der Waals surface area contributed by atoms with Crippen molar-refractivity contribution in [3.05, 3.63) is 71.9 Å². The van der Waals surface area contributed by atoms with Crippen LogP contribution in [-0.4, -0.2) is 21.2 Å². The van der Waals surface area contributed by atoms with Gasteiger partial charge in [0.15, 0.2) is 5.69 Å². The number of H-pyrrole nitrogens is 1. The average molecular weight is 249 g/mol. The van der Waals surface area contributed by atoms with Crippen LogP contribution in [0.1, 0.15) is 16.1 Å². The van der Waals surface area contributed by atoms with Crippen LogP contribution < -0.4 is 0 Å². The number of ketones is 1. The van der Waals surface area contributed by atoms with Crippen LogP contribution in [0.5, 0.6) is 0 Å². The number of aromatic nitrogens is 3. The Hall–Kier alpha value is -2.75. The number of benzene rings is 2. The number of nitrogens with one attached hydrogen (secondary N) is 1. The molecule has 0 unspecified atom stereocenters. The fourth-order valence-corrected chi connectivity index (χ4v) is 1.91. The summed E-state index contributed by atoms with van der Waals surface area (Å²) in [4.78, 5) is 12.4. The molecule has 19 heavy (non-hydrogen) atoms. The minimum absolute atomic E-state index is 0.131. The second-order valence-corrected chi connectivity index (χ2v) is 4.08. The number of carbonyl (C=O) groups is 1. The van der Waals surface area contributed by atoms with Gasteiger partial charge in [0, 0.05) is 11.1 Å². The summed E-state index contributed by atoms with van der Waals surface area (Å²) in [6.45, 7) is 0. The van der Waals surface area contributed by atoms with E-state index in [2.05, 4.69) is 15.4 Å². The monoisotopic (exact) mass is 249 g/mol. The largest absolute Gasteiger partial charge is 0.287 e. The Balaban J connectivity index is 2.04. The lowest BCUT2D eigenvalue weighted by atomic mass is 10.0. The van der Waals surface area contributed by atoms with Crippen molar-refractivity contribution in [3.63, 3.8) is 0 Å². The molecule has 0 bridgehead atoms. The zero-order valence-corrected chi connectivity index (χ0v) is 10.1. The number of rotatable bonds is 3. The number of hydrogen-bond donors (Lipinski definition) is 1. The lowest BCUT2D eigenvalue weighted by molar-refractivity contribution is 0.103. The number of aromatic amines is 1. The van der Waals surface area contributed by atoms with Gasteiger partial charge in [0.05, 0.1) is 0 Å². The van der Waals surface area contributed by atoms with Crippen LogP contribution in [0.15, 0.2) is 60.7 Å². The van der Waals surface area contributed by atoms with E-state index in [0.717, 1.165) is 5.56 Å². The maximum Gasteiger partial charge on any atom is 0.215 e. The minimum atomic E-state index is -0.131. The highest BCUT2D eigenvalue weighted by Gasteiger charge is 2.18. The van der Waals surface area contributed by atoms with Crippen molar-refractivity contribution in [2.45, 2.75) is 0 Å². The third kappa shape index (κ3) is 2.15. The van der Waals surface area contributed by atoms with Crippen molar-refractivity contribution in [3.8, 4) is 11.3 Å². The summed E-state index contributed by atoms with van der Waals surface area (Å²) in [6, 6.07) is 18.6. The van der Waals surface area contributed by atoms with Crippen molar-refractivity contribution in [1.82, 2.24) is 15.4 Å². The van der Waals surface area contributed by atoms with Gasteiger partial charge in [-0.3, -0.25) is 4.79 Å². The Morgan fingerprint density at radius 3 is 2.16 bits per heavy atom. The van der Waals surface area contributed by atoms with Gasteiger partial charge < -0.3 is 0 Å². The van der Waals surface area contributed by atoms with Crippen LogP contribution in [0, 0.1) is 0 Å². The number of carbonyl (C=O) groups excluding carboxylic acids is 1. The molecule has 0 atom stereocenters. The summed E-state index contributed by atoms with van der Waals surface area (Å²) in [5, 5.41) is 10.6. The average Bonchev–Trinajstić information content (AvgIpc) is 2.98. The lowest BCUT2D eigenvalue weighted by Gasteiger charge is -2.00.